The highest BCUT2D eigenvalue weighted by Gasteiger charge is 2.44. The van der Waals surface area contributed by atoms with Gasteiger partial charge in [0.15, 0.2) is 0 Å². The van der Waals surface area contributed by atoms with Crippen molar-refractivity contribution in [3.63, 3.8) is 0 Å². The summed E-state index contributed by atoms with van der Waals surface area (Å²) >= 11 is 0. The normalized spacial score (nSPS) is 20.7. The van der Waals surface area contributed by atoms with Crippen LogP contribution in [0.1, 0.15) is 40.3 Å². The summed E-state index contributed by atoms with van der Waals surface area (Å²) in [5.74, 6) is 1.44. The Morgan fingerprint density at radius 3 is 2.78 bits per heavy atom. The maximum absolute atomic E-state index is 12.0. The SMILES string of the molecule is C=C1C(=O)O[C@H]2c3c(C)c(OCc4ccccc4OC)cc(C)c3CC[C@@H]12. The predicted molar refractivity (Wildman–Crippen MR) is 103 cm³/mol. The highest BCUT2D eigenvalue weighted by molar-refractivity contribution is 5.91. The molecule has 1 heterocycles. The largest absolute Gasteiger partial charge is 0.496 e. The van der Waals surface area contributed by atoms with E-state index in [1.165, 1.54) is 11.1 Å². The van der Waals surface area contributed by atoms with Crippen LogP contribution in [-0.2, 0) is 22.6 Å². The van der Waals surface area contributed by atoms with E-state index in [2.05, 4.69) is 19.6 Å². The number of carbonyl (C=O) groups excluding carboxylic acids is 1. The molecule has 2 aromatic rings. The van der Waals surface area contributed by atoms with E-state index >= 15 is 0 Å². The Balaban J connectivity index is 1.68. The first-order chi connectivity index (χ1) is 13.0. The van der Waals surface area contributed by atoms with E-state index in [-0.39, 0.29) is 18.0 Å². The lowest BCUT2D eigenvalue weighted by molar-refractivity contribution is -0.139. The van der Waals surface area contributed by atoms with E-state index in [0.717, 1.165) is 41.0 Å². The number of carbonyl (C=O) groups is 1. The second-order valence-electron chi connectivity index (χ2n) is 7.31. The number of ether oxygens (including phenoxy) is 3. The van der Waals surface area contributed by atoms with E-state index in [1.54, 1.807) is 7.11 Å². The summed E-state index contributed by atoms with van der Waals surface area (Å²) in [5.41, 5.74) is 6.20. The van der Waals surface area contributed by atoms with Crippen molar-refractivity contribution in [2.45, 2.75) is 39.4 Å². The van der Waals surface area contributed by atoms with Gasteiger partial charge in [-0.05, 0) is 55.5 Å². The summed E-state index contributed by atoms with van der Waals surface area (Å²) in [6, 6.07) is 9.93. The van der Waals surface area contributed by atoms with Crippen LogP contribution >= 0.6 is 0 Å². The minimum Gasteiger partial charge on any atom is -0.496 e. The molecule has 0 aromatic heterocycles. The smallest absolute Gasteiger partial charge is 0.334 e. The van der Waals surface area contributed by atoms with Gasteiger partial charge in [-0.1, -0.05) is 24.8 Å². The van der Waals surface area contributed by atoms with Crippen LogP contribution in [0.25, 0.3) is 0 Å². The molecule has 1 fully saturated rings. The van der Waals surface area contributed by atoms with Crippen LogP contribution in [-0.4, -0.2) is 13.1 Å². The summed E-state index contributed by atoms with van der Waals surface area (Å²) in [4.78, 5) is 12.0. The van der Waals surface area contributed by atoms with Crippen LogP contribution in [0, 0.1) is 19.8 Å². The number of benzene rings is 2. The predicted octanol–water partition coefficient (Wildman–Crippen LogP) is 4.61. The number of para-hydroxylation sites is 1. The molecular formula is C23H24O4. The molecule has 4 heteroatoms. The molecule has 0 amide bonds. The number of rotatable bonds is 4. The minimum absolute atomic E-state index is 0.0765. The van der Waals surface area contributed by atoms with Crippen LogP contribution < -0.4 is 9.47 Å². The fourth-order valence-corrected chi connectivity index (χ4v) is 4.30. The van der Waals surface area contributed by atoms with E-state index in [1.807, 2.05) is 31.2 Å². The van der Waals surface area contributed by atoms with Gasteiger partial charge in [0.1, 0.15) is 24.2 Å². The average Bonchev–Trinajstić information content (AvgIpc) is 2.97. The van der Waals surface area contributed by atoms with E-state index < -0.39 is 0 Å². The monoisotopic (exact) mass is 364 g/mol. The zero-order valence-electron chi connectivity index (χ0n) is 16.0. The van der Waals surface area contributed by atoms with Gasteiger partial charge in [0.2, 0.25) is 0 Å². The van der Waals surface area contributed by atoms with Crippen LogP contribution in [0.3, 0.4) is 0 Å². The molecule has 0 unspecified atom stereocenters. The summed E-state index contributed by atoms with van der Waals surface area (Å²) in [5, 5.41) is 0. The molecule has 2 aliphatic rings. The maximum Gasteiger partial charge on any atom is 0.334 e. The molecule has 1 aliphatic heterocycles. The summed E-state index contributed by atoms with van der Waals surface area (Å²) < 4.78 is 17.3. The lowest BCUT2D eigenvalue weighted by Gasteiger charge is -2.30. The van der Waals surface area contributed by atoms with Gasteiger partial charge < -0.3 is 14.2 Å². The lowest BCUT2D eigenvalue weighted by Crippen LogP contribution is -2.20. The van der Waals surface area contributed by atoms with Crippen molar-refractivity contribution >= 4 is 5.97 Å². The third-order valence-electron chi connectivity index (χ3n) is 5.80. The standard InChI is InChI=1S/C23H24O4/c1-13-11-20(26-12-16-7-5-6-8-19(16)25-4)15(3)21-17(13)9-10-18-14(2)23(24)27-22(18)21/h5-8,11,18,22H,2,9-10,12H2,1,3-4H3/t18-,22+/m0/s1. The first-order valence-corrected chi connectivity index (χ1v) is 9.28. The molecule has 0 saturated carbocycles. The number of hydrogen-bond donors (Lipinski definition) is 0. The van der Waals surface area contributed by atoms with Crippen molar-refractivity contribution in [2.24, 2.45) is 5.92 Å². The van der Waals surface area contributed by atoms with E-state index in [4.69, 9.17) is 14.2 Å². The van der Waals surface area contributed by atoms with E-state index in [9.17, 15) is 4.79 Å². The number of hydrogen-bond acceptors (Lipinski definition) is 4. The number of aryl methyl sites for hydroxylation is 1. The molecule has 4 nitrogen and oxygen atoms in total. The molecule has 0 N–H and O–H groups in total. The molecule has 1 saturated heterocycles. The first-order valence-electron chi connectivity index (χ1n) is 9.28. The lowest BCUT2D eigenvalue weighted by atomic mass is 9.76. The third-order valence-corrected chi connectivity index (χ3v) is 5.80. The second kappa shape index (κ2) is 6.76. The van der Waals surface area contributed by atoms with Gasteiger partial charge in [-0.25, -0.2) is 4.79 Å². The maximum atomic E-state index is 12.0. The van der Waals surface area contributed by atoms with Crippen molar-refractivity contribution in [1.82, 2.24) is 0 Å². The highest BCUT2D eigenvalue weighted by atomic mass is 16.6. The van der Waals surface area contributed by atoms with Gasteiger partial charge in [0.05, 0.1) is 7.11 Å². The van der Waals surface area contributed by atoms with Crippen LogP contribution in [0.2, 0.25) is 0 Å². The van der Waals surface area contributed by atoms with Crippen molar-refractivity contribution in [3.05, 3.63) is 70.3 Å². The molecule has 140 valence electrons. The Bertz CT molecular complexity index is 928. The van der Waals surface area contributed by atoms with Gasteiger partial charge in [-0.15, -0.1) is 0 Å². The summed E-state index contributed by atoms with van der Waals surface area (Å²) in [6.07, 6.45) is 1.61. The molecule has 27 heavy (non-hydrogen) atoms. The quantitative estimate of drug-likeness (QED) is 0.587. The Labute approximate surface area is 159 Å². The minimum atomic E-state index is -0.268. The molecular weight excluding hydrogens is 340 g/mol. The van der Waals surface area contributed by atoms with Crippen molar-refractivity contribution in [3.8, 4) is 11.5 Å². The Morgan fingerprint density at radius 1 is 1.22 bits per heavy atom. The summed E-state index contributed by atoms with van der Waals surface area (Å²) in [6.45, 7) is 8.51. The van der Waals surface area contributed by atoms with Gasteiger partial charge in [-0.3, -0.25) is 0 Å². The molecule has 4 rings (SSSR count). The van der Waals surface area contributed by atoms with Crippen LogP contribution in [0.5, 0.6) is 11.5 Å². The molecule has 0 radical (unpaired) electrons. The van der Waals surface area contributed by atoms with Crippen molar-refractivity contribution in [1.29, 1.82) is 0 Å². The van der Waals surface area contributed by atoms with Gasteiger partial charge in [0.25, 0.3) is 0 Å². The molecule has 0 spiro atoms. The Hall–Kier alpha value is -2.75. The highest BCUT2D eigenvalue weighted by Crippen LogP contribution is 2.49. The number of fused-ring (bicyclic) bond motifs is 3. The van der Waals surface area contributed by atoms with Gasteiger partial charge >= 0.3 is 5.97 Å². The van der Waals surface area contributed by atoms with Gasteiger partial charge in [0, 0.05) is 22.6 Å². The Morgan fingerprint density at radius 2 is 2.00 bits per heavy atom. The zero-order chi connectivity index (χ0) is 19.1. The molecule has 2 aromatic carbocycles. The van der Waals surface area contributed by atoms with Crippen molar-refractivity contribution < 1.29 is 19.0 Å². The van der Waals surface area contributed by atoms with E-state index in [0.29, 0.717) is 12.2 Å². The zero-order valence-corrected chi connectivity index (χ0v) is 16.0. The third kappa shape index (κ3) is 2.89. The van der Waals surface area contributed by atoms with Crippen LogP contribution in [0.4, 0.5) is 0 Å². The van der Waals surface area contributed by atoms with Crippen molar-refractivity contribution in [2.75, 3.05) is 7.11 Å². The van der Waals surface area contributed by atoms with Crippen LogP contribution in [0.15, 0.2) is 42.5 Å². The second-order valence-corrected chi connectivity index (χ2v) is 7.31. The number of methoxy groups -OCH3 is 1. The first kappa shape index (κ1) is 17.7. The number of esters is 1. The fourth-order valence-electron chi connectivity index (χ4n) is 4.30. The molecule has 0 bridgehead atoms. The Kier molecular flexibility index (Phi) is 4.42. The topological polar surface area (TPSA) is 44.8 Å². The average molecular weight is 364 g/mol. The summed E-state index contributed by atoms with van der Waals surface area (Å²) in [7, 11) is 1.66. The van der Waals surface area contributed by atoms with Gasteiger partial charge in [-0.2, -0.15) is 0 Å². The fraction of sp³-hybridized carbons (Fsp3) is 0.348. The molecule has 1 aliphatic carbocycles. The molecule has 2 atom stereocenters.